The summed E-state index contributed by atoms with van der Waals surface area (Å²) in [5, 5.41) is 3.22. The van der Waals surface area contributed by atoms with Crippen molar-refractivity contribution in [2.45, 2.75) is 37.4 Å². The minimum atomic E-state index is -4.03. The molecule has 0 aliphatic carbocycles. The fraction of sp³-hybridized carbons (Fsp3) is 0.538. The molecular weight excluding hydrogens is 259 g/mol. The normalized spacial score (nSPS) is 11.8. The van der Waals surface area contributed by atoms with Gasteiger partial charge in [0.1, 0.15) is 0 Å². The fourth-order valence-electron chi connectivity index (χ4n) is 1.48. The van der Waals surface area contributed by atoms with E-state index in [4.69, 9.17) is 0 Å². The second-order valence-electron chi connectivity index (χ2n) is 3.99. The first-order chi connectivity index (χ1) is 8.51. The zero-order chi connectivity index (χ0) is 13.4. The summed E-state index contributed by atoms with van der Waals surface area (Å²) < 4.78 is 35.9. The van der Waals surface area contributed by atoms with Gasteiger partial charge in [0, 0.05) is 17.9 Å². The van der Waals surface area contributed by atoms with Gasteiger partial charge in [-0.3, -0.25) is 0 Å². The van der Waals surface area contributed by atoms with Crippen LogP contribution in [0.1, 0.15) is 25.3 Å². The monoisotopic (exact) mass is 277 g/mol. The maximum absolute atomic E-state index is 12.0. The number of alkyl halides is 3. The Morgan fingerprint density at radius 1 is 1.28 bits per heavy atom. The smallest absolute Gasteiger partial charge is 0.313 e. The van der Waals surface area contributed by atoms with E-state index in [1.807, 2.05) is 31.2 Å². The molecule has 1 N–H and O–H groups in total. The molecular formula is C13H18F3NS. The van der Waals surface area contributed by atoms with Crippen LogP contribution in [0.2, 0.25) is 0 Å². The third-order valence-corrected chi connectivity index (χ3v) is 3.43. The van der Waals surface area contributed by atoms with Crippen molar-refractivity contribution >= 4 is 11.8 Å². The molecule has 0 aromatic heterocycles. The molecule has 0 saturated heterocycles. The van der Waals surface area contributed by atoms with Crippen LogP contribution in [-0.4, -0.2) is 18.5 Å². The van der Waals surface area contributed by atoms with E-state index >= 15 is 0 Å². The van der Waals surface area contributed by atoms with Gasteiger partial charge in [0.15, 0.2) is 0 Å². The lowest BCUT2D eigenvalue weighted by Crippen LogP contribution is -2.11. The maximum Gasteiger partial charge on any atom is 0.389 e. The Kier molecular flexibility index (Phi) is 6.57. The predicted molar refractivity (Wildman–Crippen MR) is 69.8 cm³/mol. The molecule has 0 unspecified atom stereocenters. The molecule has 0 radical (unpaired) electrons. The number of hydrogen-bond donors (Lipinski definition) is 1. The third-order valence-electron chi connectivity index (χ3n) is 2.35. The van der Waals surface area contributed by atoms with Gasteiger partial charge < -0.3 is 5.32 Å². The van der Waals surface area contributed by atoms with Crippen LogP contribution in [0.5, 0.6) is 0 Å². The van der Waals surface area contributed by atoms with Gasteiger partial charge in [-0.2, -0.15) is 13.2 Å². The van der Waals surface area contributed by atoms with E-state index in [9.17, 15) is 13.2 Å². The summed E-state index contributed by atoms with van der Waals surface area (Å²) in [5.74, 6) is 0.504. The summed E-state index contributed by atoms with van der Waals surface area (Å²) in [6, 6.07) is 7.93. The first-order valence-corrected chi connectivity index (χ1v) is 6.99. The summed E-state index contributed by atoms with van der Waals surface area (Å²) in [6.45, 7) is 3.74. The highest BCUT2D eigenvalue weighted by molar-refractivity contribution is 7.99. The van der Waals surface area contributed by atoms with E-state index in [2.05, 4.69) is 5.32 Å². The van der Waals surface area contributed by atoms with E-state index in [0.717, 1.165) is 23.5 Å². The molecule has 0 aliphatic rings. The van der Waals surface area contributed by atoms with E-state index in [1.165, 1.54) is 11.8 Å². The Hall–Kier alpha value is -0.680. The first-order valence-electron chi connectivity index (χ1n) is 6.00. The van der Waals surface area contributed by atoms with Crippen LogP contribution < -0.4 is 5.32 Å². The number of thioether (sulfide) groups is 1. The average Bonchev–Trinajstić information content (AvgIpc) is 2.31. The largest absolute Gasteiger partial charge is 0.389 e. The lowest BCUT2D eigenvalue weighted by Gasteiger charge is -2.07. The summed E-state index contributed by atoms with van der Waals surface area (Å²) >= 11 is 1.48. The molecule has 0 fully saturated rings. The SMILES string of the molecule is CCNCc1cccc(SCCCC(F)(F)F)c1. The molecule has 0 spiro atoms. The van der Waals surface area contributed by atoms with Gasteiger partial charge in [0.25, 0.3) is 0 Å². The van der Waals surface area contributed by atoms with Crippen LogP contribution >= 0.6 is 11.8 Å². The summed E-state index contributed by atoms with van der Waals surface area (Å²) in [4.78, 5) is 1.03. The number of rotatable bonds is 7. The third kappa shape index (κ3) is 6.91. The second kappa shape index (κ2) is 7.69. The molecule has 1 nitrogen and oxygen atoms in total. The van der Waals surface area contributed by atoms with Crippen LogP contribution in [-0.2, 0) is 6.54 Å². The van der Waals surface area contributed by atoms with Crippen LogP contribution in [0.4, 0.5) is 13.2 Å². The fourth-order valence-corrected chi connectivity index (χ4v) is 2.41. The van der Waals surface area contributed by atoms with Crippen molar-refractivity contribution in [3.8, 4) is 0 Å². The number of halogens is 3. The molecule has 18 heavy (non-hydrogen) atoms. The Bertz CT molecular complexity index is 352. The van der Waals surface area contributed by atoms with Crippen LogP contribution in [0.15, 0.2) is 29.2 Å². The molecule has 0 atom stereocenters. The van der Waals surface area contributed by atoms with Crippen LogP contribution in [0, 0.1) is 0 Å². The zero-order valence-corrected chi connectivity index (χ0v) is 11.2. The minimum absolute atomic E-state index is 0.172. The van der Waals surface area contributed by atoms with Crippen LogP contribution in [0.3, 0.4) is 0 Å². The highest BCUT2D eigenvalue weighted by Crippen LogP contribution is 2.25. The van der Waals surface area contributed by atoms with Crippen molar-refractivity contribution in [2.75, 3.05) is 12.3 Å². The van der Waals surface area contributed by atoms with E-state index < -0.39 is 12.6 Å². The van der Waals surface area contributed by atoms with Gasteiger partial charge in [-0.25, -0.2) is 0 Å². The maximum atomic E-state index is 12.0. The number of benzene rings is 1. The number of nitrogens with one attached hydrogen (secondary N) is 1. The van der Waals surface area contributed by atoms with Gasteiger partial charge in [-0.1, -0.05) is 19.1 Å². The molecule has 0 aliphatic heterocycles. The molecule has 0 heterocycles. The van der Waals surface area contributed by atoms with Crippen molar-refractivity contribution in [2.24, 2.45) is 0 Å². The summed E-state index contributed by atoms with van der Waals surface area (Å²) in [7, 11) is 0. The Morgan fingerprint density at radius 3 is 2.72 bits per heavy atom. The van der Waals surface area contributed by atoms with Gasteiger partial charge in [0.2, 0.25) is 0 Å². The zero-order valence-electron chi connectivity index (χ0n) is 10.4. The molecule has 5 heteroatoms. The topological polar surface area (TPSA) is 12.0 Å². The van der Waals surface area contributed by atoms with Crippen molar-refractivity contribution in [3.63, 3.8) is 0 Å². The van der Waals surface area contributed by atoms with Gasteiger partial charge in [0.05, 0.1) is 0 Å². The molecule has 1 aromatic carbocycles. The van der Waals surface area contributed by atoms with Gasteiger partial charge in [-0.05, 0) is 36.4 Å². The Morgan fingerprint density at radius 2 is 2.06 bits per heavy atom. The Labute approximate surface area is 110 Å². The molecule has 0 bridgehead atoms. The lowest BCUT2D eigenvalue weighted by atomic mass is 10.2. The van der Waals surface area contributed by atoms with Crippen molar-refractivity contribution < 1.29 is 13.2 Å². The lowest BCUT2D eigenvalue weighted by molar-refractivity contribution is -0.134. The quantitative estimate of drug-likeness (QED) is 0.591. The summed E-state index contributed by atoms with van der Waals surface area (Å²) in [6.07, 6.45) is -4.56. The molecule has 1 aromatic rings. The van der Waals surface area contributed by atoms with Crippen molar-refractivity contribution in [3.05, 3.63) is 29.8 Å². The van der Waals surface area contributed by atoms with Gasteiger partial charge in [-0.15, -0.1) is 11.8 Å². The number of hydrogen-bond acceptors (Lipinski definition) is 2. The highest BCUT2D eigenvalue weighted by Gasteiger charge is 2.25. The highest BCUT2D eigenvalue weighted by atomic mass is 32.2. The van der Waals surface area contributed by atoms with E-state index in [0.29, 0.717) is 5.75 Å². The minimum Gasteiger partial charge on any atom is -0.313 e. The van der Waals surface area contributed by atoms with E-state index in [-0.39, 0.29) is 6.42 Å². The van der Waals surface area contributed by atoms with Crippen molar-refractivity contribution in [1.29, 1.82) is 0 Å². The van der Waals surface area contributed by atoms with Gasteiger partial charge >= 0.3 is 6.18 Å². The average molecular weight is 277 g/mol. The molecule has 0 saturated carbocycles. The Balaban J connectivity index is 2.33. The standard InChI is InChI=1S/C13H18F3NS/c1-2-17-10-11-5-3-6-12(9-11)18-8-4-7-13(14,15)16/h3,5-6,9,17H,2,4,7-8,10H2,1H3. The molecule has 1 rings (SSSR count). The molecule has 102 valence electrons. The summed E-state index contributed by atoms with van der Waals surface area (Å²) in [5.41, 5.74) is 1.16. The van der Waals surface area contributed by atoms with Crippen LogP contribution in [0.25, 0.3) is 0 Å². The van der Waals surface area contributed by atoms with E-state index in [1.54, 1.807) is 0 Å². The first kappa shape index (κ1) is 15.4. The predicted octanol–water partition coefficient (Wildman–Crippen LogP) is 4.23. The second-order valence-corrected chi connectivity index (χ2v) is 5.16. The van der Waals surface area contributed by atoms with Crippen molar-refractivity contribution in [1.82, 2.24) is 5.32 Å². The molecule has 0 amide bonds.